The fraction of sp³-hybridized carbons (Fsp3) is 0.174. The highest BCUT2D eigenvalue weighted by molar-refractivity contribution is 7.20. The maximum atomic E-state index is 13.3. The van der Waals surface area contributed by atoms with Gasteiger partial charge in [-0.1, -0.05) is 24.3 Å². The van der Waals surface area contributed by atoms with Crippen molar-refractivity contribution in [3.05, 3.63) is 70.5 Å². The normalized spacial score (nSPS) is 18.6. The molecule has 0 radical (unpaired) electrons. The van der Waals surface area contributed by atoms with Crippen molar-refractivity contribution in [2.75, 3.05) is 7.11 Å². The molecule has 156 valence electrons. The van der Waals surface area contributed by atoms with Crippen LogP contribution >= 0.6 is 22.7 Å². The zero-order valence-corrected chi connectivity index (χ0v) is 18.5. The first kappa shape index (κ1) is 19.7. The number of rotatable bonds is 5. The van der Waals surface area contributed by atoms with Gasteiger partial charge in [0.1, 0.15) is 16.3 Å². The first-order chi connectivity index (χ1) is 15.0. The zero-order valence-electron chi connectivity index (χ0n) is 16.9. The molecule has 2 aromatic heterocycles. The van der Waals surface area contributed by atoms with Gasteiger partial charge >= 0.3 is 6.03 Å². The number of hydrogen-bond acceptors (Lipinski definition) is 6. The van der Waals surface area contributed by atoms with Crippen molar-refractivity contribution in [3.63, 3.8) is 0 Å². The fourth-order valence-electron chi connectivity index (χ4n) is 3.75. The Morgan fingerprint density at radius 2 is 1.90 bits per heavy atom. The molecular weight excluding hydrogens is 430 g/mol. The van der Waals surface area contributed by atoms with Gasteiger partial charge in [0.05, 0.1) is 24.2 Å². The lowest BCUT2D eigenvalue weighted by atomic mass is 9.90. The summed E-state index contributed by atoms with van der Waals surface area (Å²) in [4.78, 5) is 33.0. The van der Waals surface area contributed by atoms with E-state index in [0.717, 1.165) is 32.0 Å². The monoisotopic (exact) mass is 449 g/mol. The van der Waals surface area contributed by atoms with Crippen LogP contribution in [0.25, 0.3) is 20.7 Å². The van der Waals surface area contributed by atoms with Crippen molar-refractivity contribution in [3.8, 4) is 15.6 Å². The lowest BCUT2D eigenvalue weighted by Gasteiger charge is -2.22. The number of methoxy groups -OCH3 is 1. The maximum Gasteiger partial charge on any atom is 0.325 e. The molecule has 31 heavy (non-hydrogen) atoms. The van der Waals surface area contributed by atoms with E-state index in [9.17, 15) is 9.59 Å². The van der Waals surface area contributed by atoms with Crippen LogP contribution in [0.2, 0.25) is 0 Å². The molecule has 5 rings (SSSR count). The number of nitrogens with one attached hydrogen (secondary N) is 1. The van der Waals surface area contributed by atoms with Crippen molar-refractivity contribution >= 4 is 45.4 Å². The lowest BCUT2D eigenvalue weighted by Crippen LogP contribution is -2.40. The Morgan fingerprint density at radius 3 is 2.68 bits per heavy atom. The summed E-state index contributed by atoms with van der Waals surface area (Å²) in [5.41, 5.74) is 0.313. The quantitative estimate of drug-likeness (QED) is 0.435. The standard InChI is InChI=1S/C23H19N3O3S2/c1-23(16-7-5-15-11-18(29-2)8-6-14(15)10-16)21(27)26(22(28)25-23)12-17-13-31-20(24-17)19-4-3-9-30-19/h3-11,13H,12H2,1-2H3,(H,25,28). The highest BCUT2D eigenvalue weighted by Crippen LogP contribution is 2.33. The third-order valence-corrected chi connectivity index (χ3v) is 7.43. The summed E-state index contributed by atoms with van der Waals surface area (Å²) in [5, 5.41) is 9.64. The Balaban J connectivity index is 1.42. The topological polar surface area (TPSA) is 71.5 Å². The largest absolute Gasteiger partial charge is 0.497 e. The number of urea groups is 1. The number of amides is 3. The molecule has 0 saturated carbocycles. The first-order valence-corrected chi connectivity index (χ1v) is 11.4. The molecule has 3 heterocycles. The zero-order chi connectivity index (χ0) is 21.6. The van der Waals surface area contributed by atoms with E-state index in [2.05, 4.69) is 10.3 Å². The first-order valence-electron chi connectivity index (χ1n) is 9.68. The Labute approximate surface area is 187 Å². The minimum atomic E-state index is -1.13. The Bertz CT molecular complexity index is 1300. The number of carbonyl (C=O) groups excluding carboxylic acids is 2. The predicted octanol–water partition coefficient (Wildman–Crippen LogP) is 5.00. The van der Waals surface area contributed by atoms with Crippen LogP contribution in [0.15, 0.2) is 59.3 Å². The molecule has 8 heteroatoms. The van der Waals surface area contributed by atoms with Gasteiger partial charge in [-0.2, -0.15) is 0 Å². The predicted molar refractivity (Wildman–Crippen MR) is 122 cm³/mol. The number of aromatic nitrogens is 1. The molecule has 0 bridgehead atoms. The average molecular weight is 450 g/mol. The second-order valence-electron chi connectivity index (χ2n) is 7.50. The van der Waals surface area contributed by atoms with Crippen LogP contribution in [0.1, 0.15) is 18.2 Å². The number of thiazole rings is 1. The van der Waals surface area contributed by atoms with Gasteiger partial charge in [0, 0.05) is 5.38 Å². The van der Waals surface area contributed by atoms with Crippen LogP contribution in [-0.4, -0.2) is 28.9 Å². The molecule has 0 aliphatic carbocycles. The van der Waals surface area contributed by atoms with Gasteiger partial charge in [0.25, 0.3) is 5.91 Å². The van der Waals surface area contributed by atoms with Crippen molar-refractivity contribution in [1.29, 1.82) is 0 Å². The van der Waals surface area contributed by atoms with Crippen LogP contribution in [0, 0.1) is 0 Å². The second kappa shape index (κ2) is 7.47. The van der Waals surface area contributed by atoms with Gasteiger partial charge in [0.15, 0.2) is 0 Å². The number of imide groups is 1. The minimum Gasteiger partial charge on any atom is -0.497 e. The molecule has 1 aliphatic heterocycles. The molecule has 6 nitrogen and oxygen atoms in total. The highest BCUT2D eigenvalue weighted by Gasteiger charge is 2.49. The summed E-state index contributed by atoms with van der Waals surface area (Å²) in [5.74, 6) is 0.490. The van der Waals surface area contributed by atoms with Gasteiger partial charge in [-0.3, -0.25) is 9.69 Å². The van der Waals surface area contributed by atoms with Crippen LogP contribution in [-0.2, 0) is 16.9 Å². The van der Waals surface area contributed by atoms with E-state index in [0.29, 0.717) is 5.69 Å². The summed E-state index contributed by atoms with van der Waals surface area (Å²) in [6, 6.07) is 15.1. The smallest absolute Gasteiger partial charge is 0.325 e. The molecule has 2 aromatic carbocycles. The fourth-order valence-corrected chi connectivity index (χ4v) is 5.38. The molecule has 4 aromatic rings. The number of benzene rings is 2. The van der Waals surface area contributed by atoms with E-state index >= 15 is 0 Å². The Morgan fingerprint density at radius 1 is 1.10 bits per heavy atom. The summed E-state index contributed by atoms with van der Waals surface area (Å²) < 4.78 is 5.28. The van der Waals surface area contributed by atoms with Gasteiger partial charge in [-0.05, 0) is 52.9 Å². The Hall–Kier alpha value is -3.23. The highest BCUT2D eigenvalue weighted by atomic mass is 32.1. The van der Waals surface area contributed by atoms with E-state index in [-0.39, 0.29) is 12.5 Å². The summed E-state index contributed by atoms with van der Waals surface area (Å²) >= 11 is 3.13. The molecule has 0 spiro atoms. The molecular formula is C23H19N3O3S2. The van der Waals surface area contributed by atoms with E-state index in [4.69, 9.17) is 4.74 Å². The molecule has 1 atom stereocenters. The van der Waals surface area contributed by atoms with Gasteiger partial charge < -0.3 is 10.1 Å². The van der Waals surface area contributed by atoms with Gasteiger partial charge in [0.2, 0.25) is 0 Å². The molecule has 1 fully saturated rings. The van der Waals surface area contributed by atoms with Crippen molar-refractivity contribution in [1.82, 2.24) is 15.2 Å². The van der Waals surface area contributed by atoms with Gasteiger partial charge in [-0.25, -0.2) is 9.78 Å². The van der Waals surface area contributed by atoms with Crippen molar-refractivity contribution < 1.29 is 14.3 Å². The Kier molecular flexibility index (Phi) is 4.75. The molecule has 1 N–H and O–H groups in total. The number of fused-ring (bicyclic) bond motifs is 1. The number of ether oxygens (including phenoxy) is 1. The molecule has 1 saturated heterocycles. The second-order valence-corrected chi connectivity index (χ2v) is 9.30. The number of nitrogens with zero attached hydrogens (tertiary/aromatic N) is 2. The van der Waals surface area contributed by atoms with Crippen LogP contribution in [0.4, 0.5) is 4.79 Å². The summed E-state index contributed by atoms with van der Waals surface area (Å²) in [6.07, 6.45) is 0. The number of hydrogen-bond donors (Lipinski definition) is 1. The van der Waals surface area contributed by atoms with E-state index in [1.165, 1.54) is 16.2 Å². The molecule has 3 amide bonds. The third-order valence-electron chi connectivity index (χ3n) is 5.50. The van der Waals surface area contributed by atoms with E-state index in [1.54, 1.807) is 25.4 Å². The van der Waals surface area contributed by atoms with Crippen LogP contribution in [0.3, 0.4) is 0 Å². The van der Waals surface area contributed by atoms with Crippen LogP contribution in [0.5, 0.6) is 5.75 Å². The SMILES string of the molecule is COc1ccc2cc(C3(C)NC(=O)N(Cc4csc(-c5cccs5)n4)C3=O)ccc2c1. The summed E-state index contributed by atoms with van der Waals surface area (Å²) in [6.45, 7) is 1.89. The van der Waals surface area contributed by atoms with Gasteiger partial charge in [-0.15, -0.1) is 22.7 Å². The van der Waals surface area contributed by atoms with E-state index < -0.39 is 11.6 Å². The average Bonchev–Trinajstić information content (AvgIpc) is 3.51. The van der Waals surface area contributed by atoms with Crippen LogP contribution < -0.4 is 10.1 Å². The maximum absolute atomic E-state index is 13.3. The third kappa shape index (κ3) is 3.37. The number of thiophene rings is 1. The van der Waals surface area contributed by atoms with Crippen molar-refractivity contribution in [2.45, 2.75) is 19.0 Å². The van der Waals surface area contributed by atoms with Crippen molar-refractivity contribution in [2.24, 2.45) is 0 Å². The summed E-state index contributed by atoms with van der Waals surface area (Å²) in [7, 11) is 1.63. The minimum absolute atomic E-state index is 0.146. The lowest BCUT2D eigenvalue weighted by molar-refractivity contribution is -0.131. The number of carbonyl (C=O) groups is 2. The molecule has 1 unspecified atom stereocenters. The van der Waals surface area contributed by atoms with E-state index in [1.807, 2.05) is 59.3 Å². The molecule has 1 aliphatic rings.